The summed E-state index contributed by atoms with van der Waals surface area (Å²) in [4.78, 5) is 1.54. The molecule has 1 aromatic heterocycles. The standard InChI is InChI=1S/C15H20N2O2S2/c1-12-13(11-16-2)5-3-7-15(12)21(18,19)17-9-8-14-6-4-10-20-14/h3-7,10,16-17H,8-9,11H2,1-2H3. The normalized spacial score (nSPS) is 11.7. The minimum atomic E-state index is -3.46. The Morgan fingerprint density at radius 2 is 2.00 bits per heavy atom. The van der Waals surface area contributed by atoms with Crippen LogP contribution in [-0.4, -0.2) is 22.0 Å². The molecular weight excluding hydrogens is 304 g/mol. The van der Waals surface area contributed by atoms with Crippen LogP contribution in [0.3, 0.4) is 0 Å². The molecule has 0 aliphatic rings. The number of thiophene rings is 1. The molecule has 6 heteroatoms. The largest absolute Gasteiger partial charge is 0.316 e. The maximum Gasteiger partial charge on any atom is 0.240 e. The Balaban J connectivity index is 2.10. The molecule has 0 spiro atoms. The van der Waals surface area contributed by atoms with Gasteiger partial charge in [0.15, 0.2) is 0 Å². The Hall–Kier alpha value is -1.21. The molecule has 0 aliphatic heterocycles. The van der Waals surface area contributed by atoms with Gasteiger partial charge >= 0.3 is 0 Å². The van der Waals surface area contributed by atoms with Crippen molar-refractivity contribution in [3.05, 3.63) is 51.7 Å². The first kappa shape index (κ1) is 16.2. The summed E-state index contributed by atoms with van der Waals surface area (Å²) in [5.74, 6) is 0. The maximum absolute atomic E-state index is 12.4. The van der Waals surface area contributed by atoms with Gasteiger partial charge in [-0.25, -0.2) is 13.1 Å². The molecule has 1 heterocycles. The highest BCUT2D eigenvalue weighted by Crippen LogP contribution is 2.19. The Morgan fingerprint density at radius 3 is 2.67 bits per heavy atom. The fourth-order valence-electron chi connectivity index (χ4n) is 2.17. The van der Waals surface area contributed by atoms with Gasteiger partial charge in [0.25, 0.3) is 0 Å². The van der Waals surface area contributed by atoms with Crippen LogP contribution in [0.5, 0.6) is 0 Å². The van der Waals surface area contributed by atoms with Crippen LogP contribution in [0.25, 0.3) is 0 Å². The molecule has 2 N–H and O–H groups in total. The molecule has 0 aliphatic carbocycles. The lowest BCUT2D eigenvalue weighted by Gasteiger charge is -2.12. The van der Waals surface area contributed by atoms with Gasteiger partial charge in [-0.15, -0.1) is 11.3 Å². The molecule has 0 atom stereocenters. The van der Waals surface area contributed by atoms with Crippen molar-refractivity contribution in [2.75, 3.05) is 13.6 Å². The predicted molar refractivity (Wildman–Crippen MR) is 87.2 cm³/mol. The third kappa shape index (κ3) is 4.14. The van der Waals surface area contributed by atoms with E-state index in [0.29, 0.717) is 24.4 Å². The van der Waals surface area contributed by atoms with Crippen LogP contribution >= 0.6 is 11.3 Å². The van der Waals surface area contributed by atoms with E-state index in [1.807, 2.05) is 37.6 Å². The van der Waals surface area contributed by atoms with Gasteiger partial charge in [0, 0.05) is 18.0 Å². The van der Waals surface area contributed by atoms with E-state index in [1.54, 1.807) is 23.5 Å². The molecule has 0 amide bonds. The van der Waals surface area contributed by atoms with E-state index >= 15 is 0 Å². The van der Waals surface area contributed by atoms with E-state index in [2.05, 4.69) is 10.0 Å². The molecular formula is C15H20N2O2S2. The van der Waals surface area contributed by atoms with Gasteiger partial charge in [-0.2, -0.15) is 0 Å². The third-order valence-corrected chi connectivity index (χ3v) is 5.84. The van der Waals surface area contributed by atoms with Crippen molar-refractivity contribution < 1.29 is 8.42 Å². The van der Waals surface area contributed by atoms with Crippen molar-refractivity contribution in [3.63, 3.8) is 0 Å². The molecule has 0 saturated carbocycles. The first-order valence-corrected chi connectivity index (χ1v) is 9.16. The van der Waals surface area contributed by atoms with E-state index in [-0.39, 0.29) is 0 Å². The minimum Gasteiger partial charge on any atom is -0.316 e. The second-order valence-corrected chi connectivity index (χ2v) is 7.57. The number of rotatable bonds is 7. The molecule has 21 heavy (non-hydrogen) atoms. The quantitative estimate of drug-likeness (QED) is 0.821. The number of hydrogen-bond donors (Lipinski definition) is 2. The average molecular weight is 324 g/mol. The van der Waals surface area contributed by atoms with Crippen molar-refractivity contribution in [1.29, 1.82) is 0 Å². The Bertz CT molecular complexity index is 680. The van der Waals surface area contributed by atoms with Gasteiger partial charge in [-0.3, -0.25) is 0 Å². The summed E-state index contributed by atoms with van der Waals surface area (Å²) < 4.78 is 27.5. The lowest BCUT2D eigenvalue weighted by atomic mass is 10.1. The van der Waals surface area contributed by atoms with Gasteiger partial charge in [0.05, 0.1) is 4.90 Å². The summed E-state index contributed by atoms with van der Waals surface area (Å²) in [7, 11) is -1.61. The van der Waals surface area contributed by atoms with E-state index < -0.39 is 10.0 Å². The third-order valence-electron chi connectivity index (χ3n) is 3.30. The summed E-state index contributed by atoms with van der Waals surface area (Å²) in [5.41, 5.74) is 1.80. The summed E-state index contributed by atoms with van der Waals surface area (Å²) in [6.45, 7) is 2.92. The SMILES string of the molecule is CNCc1cccc(S(=O)(=O)NCCc2cccs2)c1C. The fraction of sp³-hybridized carbons (Fsp3) is 0.333. The monoisotopic (exact) mass is 324 g/mol. The van der Waals surface area contributed by atoms with Crippen LogP contribution in [0.2, 0.25) is 0 Å². The van der Waals surface area contributed by atoms with Crippen LogP contribution in [0.15, 0.2) is 40.6 Å². The van der Waals surface area contributed by atoms with Gasteiger partial charge in [-0.05, 0) is 49.0 Å². The highest BCUT2D eigenvalue weighted by atomic mass is 32.2. The van der Waals surface area contributed by atoms with Gasteiger partial charge in [-0.1, -0.05) is 18.2 Å². The topological polar surface area (TPSA) is 58.2 Å². The van der Waals surface area contributed by atoms with Crippen LogP contribution < -0.4 is 10.0 Å². The number of sulfonamides is 1. The highest BCUT2D eigenvalue weighted by molar-refractivity contribution is 7.89. The highest BCUT2D eigenvalue weighted by Gasteiger charge is 2.17. The maximum atomic E-state index is 12.4. The van der Waals surface area contributed by atoms with E-state index in [4.69, 9.17) is 0 Å². The Labute approximate surface area is 130 Å². The second kappa shape index (κ2) is 7.17. The molecule has 2 rings (SSSR count). The van der Waals surface area contributed by atoms with Crippen molar-refractivity contribution in [1.82, 2.24) is 10.0 Å². The Morgan fingerprint density at radius 1 is 1.19 bits per heavy atom. The van der Waals surface area contributed by atoms with Gasteiger partial charge in [0.1, 0.15) is 0 Å². The molecule has 0 unspecified atom stereocenters. The molecule has 0 bridgehead atoms. The smallest absolute Gasteiger partial charge is 0.240 e. The summed E-state index contributed by atoms with van der Waals surface area (Å²) in [5, 5.41) is 5.05. The summed E-state index contributed by atoms with van der Waals surface area (Å²) >= 11 is 1.64. The Kier molecular flexibility index (Phi) is 5.52. The summed E-state index contributed by atoms with van der Waals surface area (Å²) in [6, 6.07) is 9.36. The van der Waals surface area contributed by atoms with Crippen molar-refractivity contribution >= 4 is 21.4 Å². The lowest BCUT2D eigenvalue weighted by molar-refractivity contribution is 0.581. The van der Waals surface area contributed by atoms with Crippen LogP contribution in [-0.2, 0) is 23.0 Å². The van der Waals surface area contributed by atoms with Crippen molar-refractivity contribution in [2.24, 2.45) is 0 Å². The molecule has 2 aromatic rings. The molecule has 4 nitrogen and oxygen atoms in total. The average Bonchev–Trinajstić information content (AvgIpc) is 2.94. The molecule has 114 valence electrons. The lowest BCUT2D eigenvalue weighted by Crippen LogP contribution is -2.27. The molecule has 1 aromatic carbocycles. The van der Waals surface area contributed by atoms with Crippen LogP contribution in [0.1, 0.15) is 16.0 Å². The first-order chi connectivity index (χ1) is 10.0. The fourth-order valence-corrected chi connectivity index (χ4v) is 4.20. The van der Waals surface area contributed by atoms with Crippen molar-refractivity contribution in [2.45, 2.75) is 24.8 Å². The predicted octanol–water partition coefficient (Wildman–Crippen LogP) is 2.30. The van der Waals surface area contributed by atoms with Crippen molar-refractivity contribution in [3.8, 4) is 0 Å². The number of benzene rings is 1. The second-order valence-electron chi connectivity index (χ2n) is 4.80. The van der Waals surface area contributed by atoms with E-state index in [0.717, 1.165) is 11.1 Å². The molecule has 0 radical (unpaired) electrons. The van der Waals surface area contributed by atoms with Gasteiger partial charge < -0.3 is 5.32 Å². The first-order valence-electron chi connectivity index (χ1n) is 6.79. The van der Waals surface area contributed by atoms with E-state index in [1.165, 1.54) is 4.88 Å². The zero-order valence-electron chi connectivity index (χ0n) is 12.2. The van der Waals surface area contributed by atoms with Crippen LogP contribution in [0.4, 0.5) is 0 Å². The molecule has 0 saturated heterocycles. The number of hydrogen-bond acceptors (Lipinski definition) is 4. The summed E-state index contributed by atoms with van der Waals surface area (Å²) in [6.07, 6.45) is 0.714. The van der Waals surface area contributed by atoms with Gasteiger partial charge in [0.2, 0.25) is 10.0 Å². The minimum absolute atomic E-state index is 0.362. The van der Waals surface area contributed by atoms with Crippen LogP contribution in [0, 0.1) is 6.92 Å². The van der Waals surface area contributed by atoms with E-state index in [9.17, 15) is 8.42 Å². The molecule has 0 fully saturated rings. The zero-order chi connectivity index (χ0) is 15.3. The zero-order valence-corrected chi connectivity index (χ0v) is 13.9. The number of nitrogens with one attached hydrogen (secondary N) is 2.